The normalized spacial score (nSPS) is 12.5. The van der Waals surface area contributed by atoms with Gasteiger partial charge in [0.2, 0.25) is 15.9 Å². The summed E-state index contributed by atoms with van der Waals surface area (Å²) in [5.41, 5.74) is 5.26. The number of nitrogens with one attached hydrogen (secondary N) is 1. The predicted octanol–water partition coefficient (Wildman–Crippen LogP) is 4.22. The molecule has 0 saturated heterocycles. The average Bonchev–Trinajstić information content (AvgIpc) is 2.59. The highest BCUT2D eigenvalue weighted by molar-refractivity contribution is 7.92. The van der Waals surface area contributed by atoms with E-state index in [1.54, 1.807) is 19.1 Å². The van der Waals surface area contributed by atoms with Crippen molar-refractivity contribution >= 4 is 27.3 Å². The van der Waals surface area contributed by atoms with Gasteiger partial charge in [0, 0.05) is 5.69 Å². The molecule has 6 heteroatoms. The van der Waals surface area contributed by atoms with Crippen LogP contribution in [0.4, 0.5) is 11.4 Å². The van der Waals surface area contributed by atoms with Crippen LogP contribution in [0, 0.1) is 13.8 Å². The van der Waals surface area contributed by atoms with Crippen LogP contribution >= 0.6 is 0 Å². The number of para-hydroxylation sites is 1. The second-order valence-electron chi connectivity index (χ2n) is 7.23. The second kappa shape index (κ2) is 8.78. The Labute approximate surface area is 168 Å². The zero-order valence-corrected chi connectivity index (χ0v) is 18.4. The monoisotopic (exact) mass is 402 g/mol. The maximum Gasteiger partial charge on any atom is 0.248 e. The number of hydrogen-bond donors (Lipinski definition) is 1. The van der Waals surface area contributed by atoms with Gasteiger partial charge < -0.3 is 5.32 Å². The van der Waals surface area contributed by atoms with Crippen molar-refractivity contribution in [2.75, 3.05) is 15.9 Å². The maximum absolute atomic E-state index is 13.1. The molecular weight excluding hydrogens is 372 g/mol. The molecule has 0 aliphatic heterocycles. The molecule has 5 nitrogen and oxygen atoms in total. The summed E-state index contributed by atoms with van der Waals surface area (Å²) in [7, 11) is -3.65. The summed E-state index contributed by atoms with van der Waals surface area (Å²) >= 11 is 0. The zero-order valence-electron chi connectivity index (χ0n) is 17.5. The van der Waals surface area contributed by atoms with Crippen molar-refractivity contribution in [1.82, 2.24) is 0 Å². The minimum Gasteiger partial charge on any atom is -0.324 e. The molecule has 0 heterocycles. The zero-order chi connectivity index (χ0) is 21.1. The van der Waals surface area contributed by atoms with Crippen molar-refractivity contribution in [3.63, 3.8) is 0 Å². The molecule has 1 amide bonds. The molecule has 0 unspecified atom stereocenters. The Morgan fingerprint density at radius 2 is 1.54 bits per heavy atom. The number of nitrogens with zero attached hydrogens (tertiary/aromatic N) is 1. The first kappa shape index (κ1) is 22.0. The molecule has 0 bridgehead atoms. The molecule has 0 radical (unpaired) electrons. The van der Waals surface area contributed by atoms with Crippen LogP contribution < -0.4 is 9.62 Å². The molecule has 0 aromatic heterocycles. The fourth-order valence-corrected chi connectivity index (χ4v) is 4.68. The van der Waals surface area contributed by atoms with Crippen molar-refractivity contribution in [2.24, 2.45) is 0 Å². The van der Waals surface area contributed by atoms with Crippen molar-refractivity contribution in [2.45, 2.75) is 53.5 Å². The van der Waals surface area contributed by atoms with Gasteiger partial charge >= 0.3 is 0 Å². The fraction of sp³-hybridized carbons (Fsp3) is 0.409. The summed E-state index contributed by atoms with van der Waals surface area (Å²) in [6.07, 6.45) is 2.70. The Morgan fingerprint density at radius 1 is 1.04 bits per heavy atom. The third-order valence-corrected chi connectivity index (χ3v) is 6.04. The summed E-state index contributed by atoms with van der Waals surface area (Å²) < 4.78 is 26.3. The quantitative estimate of drug-likeness (QED) is 0.754. The summed E-state index contributed by atoms with van der Waals surface area (Å²) in [6, 6.07) is 10.6. The van der Waals surface area contributed by atoms with Gasteiger partial charge in [0.1, 0.15) is 6.04 Å². The topological polar surface area (TPSA) is 66.5 Å². The highest BCUT2D eigenvalue weighted by Gasteiger charge is 2.30. The van der Waals surface area contributed by atoms with Crippen LogP contribution in [0.3, 0.4) is 0 Å². The van der Waals surface area contributed by atoms with E-state index in [1.807, 2.05) is 52.0 Å². The summed E-state index contributed by atoms with van der Waals surface area (Å²) in [5, 5.41) is 2.99. The minimum absolute atomic E-state index is 0.347. The smallest absolute Gasteiger partial charge is 0.248 e. The molecule has 0 fully saturated rings. The van der Waals surface area contributed by atoms with E-state index in [2.05, 4.69) is 5.32 Å². The van der Waals surface area contributed by atoms with Crippen LogP contribution in [0.25, 0.3) is 0 Å². The molecular formula is C22H30N2O3S. The molecule has 152 valence electrons. The van der Waals surface area contributed by atoms with Gasteiger partial charge in [-0.2, -0.15) is 0 Å². The summed E-state index contributed by atoms with van der Waals surface area (Å²) in [4.78, 5) is 13.1. The largest absolute Gasteiger partial charge is 0.324 e. The van der Waals surface area contributed by atoms with Crippen LogP contribution in [0.15, 0.2) is 36.4 Å². The SMILES string of the molecule is CCc1cccc(CC)c1NC(=O)[C@H](C)N(c1cc(C)cc(C)c1)S(C)(=O)=O. The van der Waals surface area contributed by atoms with Crippen molar-refractivity contribution in [3.05, 3.63) is 58.7 Å². The molecule has 1 N–H and O–H groups in total. The average molecular weight is 403 g/mol. The number of anilines is 2. The van der Waals surface area contributed by atoms with E-state index < -0.39 is 16.1 Å². The number of hydrogen-bond acceptors (Lipinski definition) is 3. The number of carbonyl (C=O) groups excluding carboxylic acids is 1. The first-order valence-corrected chi connectivity index (χ1v) is 11.4. The van der Waals surface area contributed by atoms with Crippen LogP contribution in [0.1, 0.15) is 43.0 Å². The van der Waals surface area contributed by atoms with Crippen LogP contribution in [0.2, 0.25) is 0 Å². The number of rotatable bonds is 7. The lowest BCUT2D eigenvalue weighted by Crippen LogP contribution is -2.45. The third-order valence-electron chi connectivity index (χ3n) is 4.80. The second-order valence-corrected chi connectivity index (χ2v) is 9.09. The van der Waals surface area contributed by atoms with Gasteiger partial charge in [0.05, 0.1) is 11.9 Å². The van der Waals surface area contributed by atoms with Crippen molar-refractivity contribution < 1.29 is 13.2 Å². The highest BCUT2D eigenvalue weighted by atomic mass is 32.2. The van der Waals surface area contributed by atoms with Gasteiger partial charge in [-0.3, -0.25) is 9.10 Å². The lowest BCUT2D eigenvalue weighted by atomic mass is 10.0. The van der Waals surface area contributed by atoms with E-state index >= 15 is 0 Å². The molecule has 0 aliphatic rings. The molecule has 1 atom stereocenters. The molecule has 28 heavy (non-hydrogen) atoms. The lowest BCUT2D eigenvalue weighted by Gasteiger charge is -2.29. The number of aryl methyl sites for hydroxylation is 4. The van der Waals surface area contributed by atoms with Gasteiger partial charge in [0.15, 0.2) is 0 Å². The Hall–Kier alpha value is -2.34. The van der Waals surface area contributed by atoms with E-state index in [0.29, 0.717) is 5.69 Å². The molecule has 0 saturated carbocycles. The summed E-state index contributed by atoms with van der Waals surface area (Å²) in [6.45, 7) is 9.51. The lowest BCUT2D eigenvalue weighted by molar-refractivity contribution is -0.116. The number of carbonyl (C=O) groups is 1. The van der Waals surface area contributed by atoms with Gasteiger partial charge in [-0.05, 0) is 68.0 Å². The Kier molecular flexibility index (Phi) is 6.88. The molecule has 0 aliphatic carbocycles. The predicted molar refractivity (Wildman–Crippen MR) is 117 cm³/mol. The summed E-state index contributed by atoms with van der Waals surface area (Å²) in [5.74, 6) is -0.347. The highest BCUT2D eigenvalue weighted by Crippen LogP contribution is 2.26. The first-order chi connectivity index (χ1) is 13.1. The number of benzene rings is 2. The van der Waals surface area contributed by atoms with E-state index in [1.165, 1.54) is 4.31 Å². The van der Waals surface area contributed by atoms with Gasteiger partial charge in [-0.25, -0.2) is 8.42 Å². The van der Waals surface area contributed by atoms with Crippen molar-refractivity contribution in [1.29, 1.82) is 0 Å². The number of amides is 1. The maximum atomic E-state index is 13.1. The Bertz CT molecular complexity index is 925. The van der Waals surface area contributed by atoms with Crippen LogP contribution in [0.5, 0.6) is 0 Å². The van der Waals surface area contributed by atoms with Gasteiger partial charge in [-0.15, -0.1) is 0 Å². The van der Waals surface area contributed by atoms with Crippen LogP contribution in [-0.2, 0) is 27.7 Å². The minimum atomic E-state index is -3.65. The molecule has 2 rings (SSSR count). The molecule has 2 aromatic rings. The van der Waals surface area contributed by atoms with Gasteiger partial charge in [0.25, 0.3) is 0 Å². The fourth-order valence-electron chi connectivity index (χ4n) is 3.52. The van der Waals surface area contributed by atoms with E-state index in [9.17, 15) is 13.2 Å². The van der Waals surface area contributed by atoms with Crippen molar-refractivity contribution in [3.8, 4) is 0 Å². The Balaban J connectivity index is 2.44. The first-order valence-electron chi connectivity index (χ1n) is 9.57. The van der Waals surface area contributed by atoms with Crippen LogP contribution in [-0.4, -0.2) is 26.6 Å². The Morgan fingerprint density at radius 3 is 1.96 bits per heavy atom. The van der Waals surface area contributed by atoms with E-state index in [0.717, 1.165) is 47.0 Å². The van der Waals surface area contributed by atoms with Gasteiger partial charge in [-0.1, -0.05) is 38.1 Å². The third kappa shape index (κ3) is 4.93. The molecule has 2 aromatic carbocycles. The number of sulfonamides is 1. The standard InChI is InChI=1S/C22H30N2O3S/c1-7-18-10-9-11-19(8-2)21(18)23-22(25)17(5)24(28(6,26)27)20-13-15(3)12-16(4)14-20/h9-14,17H,7-8H2,1-6H3,(H,23,25)/t17-/m0/s1. The van der Waals surface area contributed by atoms with E-state index in [4.69, 9.17) is 0 Å². The van der Waals surface area contributed by atoms with E-state index in [-0.39, 0.29) is 5.91 Å². The molecule has 0 spiro atoms.